The van der Waals surface area contributed by atoms with Gasteiger partial charge in [0.2, 0.25) is 0 Å². The lowest BCUT2D eigenvalue weighted by molar-refractivity contribution is -0.00824. The van der Waals surface area contributed by atoms with Gasteiger partial charge in [-0.1, -0.05) is 36.2 Å². The number of aliphatic hydroxyl groups is 1. The summed E-state index contributed by atoms with van der Waals surface area (Å²) < 4.78 is 0. The molecule has 1 aromatic carbocycles. The van der Waals surface area contributed by atoms with E-state index in [1.807, 2.05) is 0 Å². The Labute approximate surface area is 110 Å². The van der Waals surface area contributed by atoms with Gasteiger partial charge in [-0.2, -0.15) is 0 Å². The topological polar surface area (TPSA) is 32.3 Å². The second-order valence-electron chi connectivity index (χ2n) is 5.74. The summed E-state index contributed by atoms with van der Waals surface area (Å²) in [7, 11) is 0. The Morgan fingerprint density at radius 3 is 2.22 bits per heavy atom. The van der Waals surface area contributed by atoms with Gasteiger partial charge in [-0.05, 0) is 51.6 Å². The lowest BCUT2D eigenvalue weighted by Gasteiger charge is -2.37. The van der Waals surface area contributed by atoms with Gasteiger partial charge in [0, 0.05) is 6.04 Å². The van der Waals surface area contributed by atoms with Crippen LogP contribution in [0.4, 0.5) is 0 Å². The molecule has 0 bridgehead atoms. The highest BCUT2D eigenvalue weighted by atomic mass is 16.3. The lowest BCUT2D eigenvalue weighted by Crippen LogP contribution is -2.39. The van der Waals surface area contributed by atoms with Crippen LogP contribution in [0.5, 0.6) is 0 Å². The summed E-state index contributed by atoms with van der Waals surface area (Å²) in [4.78, 5) is 0. The van der Waals surface area contributed by atoms with Crippen LogP contribution in [-0.2, 0) is 5.60 Å². The van der Waals surface area contributed by atoms with E-state index < -0.39 is 5.60 Å². The Kier molecular flexibility index (Phi) is 4.08. The van der Waals surface area contributed by atoms with Crippen LogP contribution < -0.4 is 5.32 Å². The first-order valence-corrected chi connectivity index (χ1v) is 7.08. The molecule has 0 radical (unpaired) electrons. The molecule has 0 aromatic heterocycles. The van der Waals surface area contributed by atoms with E-state index in [0.29, 0.717) is 6.04 Å². The Balaban J connectivity index is 2.13. The van der Waals surface area contributed by atoms with Crippen LogP contribution in [0, 0.1) is 13.8 Å². The quantitative estimate of drug-likeness (QED) is 0.860. The largest absolute Gasteiger partial charge is 0.385 e. The van der Waals surface area contributed by atoms with Gasteiger partial charge in [-0.15, -0.1) is 0 Å². The summed E-state index contributed by atoms with van der Waals surface area (Å²) >= 11 is 0. The molecule has 1 aromatic rings. The molecule has 100 valence electrons. The summed E-state index contributed by atoms with van der Waals surface area (Å²) in [5.74, 6) is 0. The Morgan fingerprint density at radius 2 is 1.72 bits per heavy atom. The number of benzene rings is 1. The molecule has 1 saturated carbocycles. The molecule has 18 heavy (non-hydrogen) atoms. The minimum absolute atomic E-state index is 0.584. The minimum atomic E-state index is -0.608. The zero-order chi connectivity index (χ0) is 13.2. The SMILES string of the molecule is CCNC1CCC(O)(c2cc(C)cc(C)c2)CC1. The smallest absolute Gasteiger partial charge is 0.0897 e. The molecule has 0 saturated heterocycles. The van der Waals surface area contributed by atoms with Gasteiger partial charge in [-0.25, -0.2) is 0 Å². The molecule has 2 nitrogen and oxygen atoms in total. The van der Waals surface area contributed by atoms with E-state index in [4.69, 9.17) is 0 Å². The average Bonchev–Trinajstić information content (AvgIpc) is 2.31. The van der Waals surface area contributed by atoms with Crippen molar-refractivity contribution in [2.45, 2.75) is 58.1 Å². The molecule has 2 rings (SSSR count). The van der Waals surface area contributed by atoms with E-state index in [9.17, 15) is 5.11 Å². The number of rotatable bonds is 3. The molecule has 1 aliphatic rings. The number of hydrogen-bond acceptors (Lipinski definition) is 2. The first-order valence-electron chi connectivity index (χ1n) is 7.08. The number of aryl methyl sites for hydroxylation is 2. The van der Waals surface area contributed by atoms with Gasteiger partial charge in [-0.3, -0.25) is 0 Å². The number of nitrogens with one attached hydrogen (secondary N) is 1. The van der Waals surface area contributed by atoms with Crippen molar-refractivity contribution in [2.75, 3.05) is 6.54 Å². The third kappa shape index (κ3) is 2.93. The second-order valence-corrected chi connectivity index (χ2v) is 5.74. The van der Waals surface area contributed by atoms with Crippen molar-refractivity contribution in [2.24, 2.45) is 0 Å². The summed E-state index contributed by atoms with van der Waals surface area (Å²) in [6, 6.07) is 7.03. The van der Waals surface area contributed by atoms with E-state index in [1.54, 1.807) is 0 Å². The van der Waals surface area contributed by atoms with Gasteiger partial charge in [0.25, 0.3) is 0 Å². The van der Waals surface area contributed by atoms with E-state index in [1.165, 1.54) is 11.1 Å². The van der Waals surface area contributed by atoms with E-state index in [2.05, 4.69) is 44.3 Å². The normalized spacial score (nSPS) is 28.3. The van der Waals surface area contributed by atoms with Crippen LogP contribution in [-0.4, -0.2) is 17.7 Å². The molecular formula is C16H25NO. The third-order valence-corrected chi connectivity index (χ3v) is 4.06. The van der Waals surface area contributed by atoms with Gasteiger partial charge in [0.15, 0.2) is 0 Å². The standard InChI is InChI=1S/C16H25NO/c1-4-17-15-5-7-16(18,8-6-15)14-10-12(2)9-13(3)11-14/h9-11,15,17-18H,4-8H2,1-3H3. The van der Waals surface area contributed by atoms with Crippen molar-refractivity contribution in [1.82, 2.24) is 5.32 Å². The maximum absolute atomic E-state index is 10.8. The summed E-state index contributed by atoms with van der Waals surface area (Å²) in [5, 5.41) is 14.3. The minimum Gasteiger partial charge on any atom is -0.385 e. The molecule has 0 amide bonds. The van der Waals surface area contributed by atoms with Crippen LogP contribution >= 0.6 is 0 Å². The highest BCUT2D eigenvalue weighted by molar-refractivity contribution is 5.32. The molecule has 1 aliphatic carbocycles. The predicted molar refractivity (Wildman–Crippen MR) is 75.7 cm³/mol. The highest BCUT2D eigenvalue weighted by Crippen LogP contribution is 2.37. The van der Waals surface area contributed by atoms with Crippen LogP contribution in [0.2, 0.25) is 0 Å². The molecule has 2 N–H and O–H groups in total. The van der Waals surface area contributed by atoms with Crippen molar-refractivity contribution in [3.05, 3.63) is 34.9 Å². The second kappa shape index (κ2) is 5.41. The summed E-state index contributed by atoms with van der Waals surface area (Å²) in [5.41, 5.74) is 2.98. The molecule has 2 heteroatoms. The van der Waals surface area contributed by atoms with Crippen LogP contribution in [0.15, 0.2) is 18.2 Å². The van der Waals surface area contributed by atoms with E-state index >= 15 is 0 Å². The Hall–Kier alpha value is -0.860. The maximum Gasteiger partial charge on any atom is 0.0897 e. The fourth-order valence-corrected chi connectivity index (χ4v) is 3.12. The monoisotopic (exact) mass is 247 g/mol. The third-order valence-electron chi connectivity index (χ3n) is 4.06. The first kappa shape index (κ1) is 13.6. The first-order chi connectivity index (χ1) is 8.53. The lowest BCUT2D eigenvalue weighted by atomic mass is 9.77. The van der Waals surface area contributed by atoms with Crippen molar-refractivity contribution < 1.29 is 5.11 Å². The van der Waals surface area contributed by atoms with Crippen molar-refractivity contribution >= 4 is 0 Å². The molecule has 0 aliphatic heterocycles. The summed E-state index contributed by atoms with van der Waals surface area (Å²) in [6.07, 6.45) is 3.87. The molecule has 1 fully saturated rings. The van der Waals surface area contributed by atoms with Gasteiger partial charge < -0.3 is 10.4 Å². The van der Waals surface area contributed by atoms with Crippen molar-refractivity contribution in [1.29, 1.82) is 0 Å². The van der Waals surface area contributed by atoms with Crippen LogP contribution in [0.1, 0.15) is 49.3 Å². The van der Waals surface area contributed by atoms with Gasteiger partial charge in [0.05, 0.1) is 5.60 Å². The zero-order valence-electron chi connectivity index (χ0n) is 11.8. The number of hydrogen-bond donors (Lipinski definition) is 2. The molecular weight excluding hydrogens is 222 g/mol. The van der Waals surface area contributed by atoms with Gasteiger partial charge in [0.1, 0.15) is 0 Å². The molecule has 0 atom stereocenters. The Morgan fingerprint density at radius 1 is 1.17 bits per heavy atom. The fraction of sp³-hybridized carbons (Fsp3) is 0.625. The highest BCUT2D eigenvalue weighted by Gasteiger charge is 2.34. The molecule has 0 spiro atoms. The fourth-order valence-electron chi connectivity index (χ4n) is 3.12. The maximum atomic E-state index is 10.8. The summed E-state index contributed by atoms with van der Waals surface area (Å²) in [6.45, 7) is 7.37. The van der Waals surface area contributed by atoms with Crippen LogP contribution in [0.3, 0.4) is 0 Å². The van der Waals surface area contributed by atoms with Crippen LogP contribution in [0.25, 0.3) is 0 Å². The Bertz CT molecular complexity index is 385. The van der Waals surface area contributed by atoms with Gasteiger partial charge >= 0.3 is 0 Å². The van der Waals surface area contributed by atoms with E-state index in [-0.39, 0.29) is 0 Å². The van der Waals surface area contributed by atoms with E-state index in [0.717, 1.165) is 37.8 Å². The molecule has 0 heterocycles. The predicted octanol–water partition coefficient (Wildman–Crippen LogP) is 3.04. The van der Waals surface area contributed by atoms with Crippen molar-refractivity contribution in [3.8, 4) is 0 Å². The van der Waals surface area contributed by atoms with Crippen molar-refractivity contribution in [3.63, 3.8) is 0 Å². The zero-order valence-corrected chi connectivity index (χ0v) is 11.8. The average molecular weight is 247 g/mol. The molecule has 0 unspecified atom stereocenters.